The smallest absolute Gasteiger partial charge is 0.286 e. The summed E-state index contributed by atoms with van der Waals surface area (Å²) in [6, 6.07) is 14.7. The lowest BCUT2D eigenvalue weighted by atomic mass is 9.82. The Balaban J connectivity index is 1.33. The number of methoxy groups -OCH3 is 1. The van der Waals surface area contributed by atoms with Crippen molar-refractivity contribution in [3.05, 3.63) is 70.4 Å². The molecule has 0 spiro atoms. The fourth-order valence-electron chi connectivity index (χ4n) is 4.06. The summed E-state index contributed by atoms with van der Waals surface area (Å²) in [5.41, 5.74) is 1.83. The summed E-state index contributed by atoms with van der Waals surface area (Å²) in [4.78, 5) is 25.2. The molecule has 6 nitrogen and oxygen atoms in total. The molecule has 2 amide bonds. The highest BCUT2D eigenvalue weighted by molar-refractivity contribution is 6.30. The molecule has 7 heteroatoms. The molecule has 2 aliphatic rings. The van der Waals surface area contributed by atoms with Crippen molar-refractivity contribution in [2.24, 2.45) is 5.92 Å². The average molecular weight is 441 g/mol. The van der Waals surface area contributed by atoms with Crippen molar-refractivity contribution in [3.8, 4) is 5.75 Å². The highest BCUT2D eigenvalue weighted by atomic mass is 35.5. The maximum Gasteiger partial charge on any atom is 0.286 e. The van der Waals surface area contributed by atoms with Crippen LogP contribution < -0.4 is 15.4 Å². The number of hydrogen-bond donors (Lipinski definition) is 2. The van der Waals surface area contributed by atoms with Crippen LogP contribution in [0.5, 0.6) is 5.75 Å². The van der Waals surface area contributed by atoms with E-state index in [1.54, 1.807) is 25.3 Å². The van der Waals surface area contributed by atoms with Crippen LogP contribution in [0.15, 0.2) is 54.3 Å². The third kappa shape index (κ3) is 5.20. The third-order valence-electron chi connectivity index (χ3n) is 5.74. The van der Waals surface area contributed by atoms with E-state index in [2.05, 4.69) is 10.6 Å². The first-order valence-electron chi connectivity index (χ1n) is 10.4. The number of ether oxygens (including phenoxy) is 2. The summed E-state index contributed by atoms with van der Waals surface area (Å²) >= 11 is 5.91. The van der Waals surface area contributed by atoms with Crippen molar-refractivity contribution >= 4 is 29.5 Å². The van der Waals surface area contributed by atoms with Gasteiger partial charge in [-0.3, -0.25) is 9.59 Å². The minimum Gasteiger partial charge on any atom is -0.497 e. The van der Waals surface area contributed by atoms with Gasteiger partial charge in [-0.1, -0.05) is 35.9 Å². The zero-order valence-corrected chi connectivity index (χ0v) is 18.0. The van der Waals surface area contributed by atoms with Crippen molar-refractivity contribution < 1.29 is 19.1 Å². The summed E-state index contributed by atoms with van der Waals surface area (Å²) in [7, 11) is 1.62. The largest absolute Gasteiger partial charge is 0.497 e. The van der Waals surface area contributed by atoms with E-state index in [-0.39, 0.29) is 29.9 Å². The van der Waals surface area contributed by atoms with Gasteiger partial charge < -0.3 is 20.1 Å². The van der Waals surface area contributed by atoms with Crippen LogP contribution in [-0.4, -0.2) is 31.1 Å². The van der Waals surface area contributed by atoms with Gasteiger partial charge >= 0.3 is 0 Å². The normalized spacial score (nSPS) is 24.0. The van der Waals surface area contributed by atoms with Crippen molar-refractivity contribution in [3.63, 3.8) is 0 Å². The third-order valence-corrected chi connectivity index (χ3v) is 6.00. The van der Waals surface area contributed by atoms with E-state index in [1.165, 1.54) is 0 Å². The van der Waals surface area contributed by atoms with Crippen LogP contribution >= 0.6 is 11.6 Å². The maximum atomic E-state index is 12.7. The van der Waals surface area contributed by atoms with E-state index in [0.29, 0.717) is 30.2 Å². The molecule has 1 saturated carbocycles. The van der Waals surface area contributed by atoms with Gasteiger partial charge in [0.15, 0.2) is 5.76 Å². The van der Waals surface area contributed by atoms with Crippen molar-refractivity contribution in [1.29, 1.82) is 0 Å². The maximum absolute atomic E-state index is 12.7. The number of halogens is 1. The van der Waals surface area contributed by atoms with Crippen LogP contribution in [0.4, 0.5) is 0 Å². The lowest BCUT2D eigenvalue weighted by Crippen LogP contribution is -2.54. The number of benzene rings is 2. The van der Waals surface area contributed by atoms with E-state index in [9.17, 15) is 9.59 Å². The summed E-state index contributed by atoms with van der Waals surface area (Å²) in [5, 5.41) is 6.66. The second kappa shape index (κ2) is 9.43. The Morgan fingerprint density at radius 3 is 2.84 bits per heavy atom. The monoisotopic (exact) mass is 440 g/mol. The highest BCUT2D eigenvalue weighted by Gasteiger charge is 2.40. The Kier molecular flexibility index (Phi) is 6.47. The van der Waals surface area contributed by atoms with Crippen LogP contribution in [0.2, 0.25) is 5.02 Å². The number of nitrogens with one attached hydrogen (secondary N) is 2. The predicted octanol–water partition coefficient (Wildman–Crippen LogP) is 3.69. The molecule has 3 atom stereocenters. The van der Waals surface area contributed by atoms with Gasteiger partial charge in [-0.05, 0) is 60.7 Å². The molecule has 31 heavy (non-hydrogen) atoms. The number of morpholine rings is 1. The lowest BCUT2D eigenvalue weighted by molar-refractivity contribution is -0.134. The summed E-state index contributed by atoms with van der Waals surface area (Å²) in [6.45, 7) is 0.442. The summed E-state index contributed by atoms with van der Waals surface area (Å²) in [6.07, 6.45) is 3.58. The van der Waals surface area contributed by atoms with Crippen LogP contribution in [0.1, 0.15) is 30.4 Å². The Labute approximate surface area is 186 Å². The fourth-order valence-corrected chi connectivity index (χ4v) is 4.18. The molecule has 2 fully saturated rings. The van der Waals surface area contributed by atoms with Crippen molar-refractivity contribution in [2.75, 3.05) is 7.11 Å². The Bertz CT molecular complexity index is 989. The van der Waals surface area contributed by atoms with Gasteiger partial charge in [0.1, 0.15) is 11.9 Å². The number of hydrogen-bond acceptors (Lipinski definition) is 4. The molecule has 4 rings (SSSR count). The van der Waals surface area contributed by atoms with E-state index in [0.717, 1.165) is 23.3 Å². The Hall–Kier alpha value is -2.99. The molecule has 1 heterocycles. The van der Waals surface area contributed by atoms with E-state index in [1.807, 2.05) is 36.4 Å². The molecule has 1 aliphatic carbocycles. The van der Waals surface area contributed by atoms with Gasteiger partial charge in [-0.25, -0.2) is 0 Å². The van der Waals surface area contributed by atoms with Gasteiger partial charge in [-0.2, -0.15) is 0 Å². The highest BCUT2D eigenvalue weighted by Crippen LogP contribution is 2.31. The van der Waals surface area contributed by atoms with Crippen LogP contribution in [0.25, 0.3) is 6.08 Å². The zero-order valence-electron chi connectivity index (χ0n) is 17.3. The van der Waals surface area contributed by atoms with Crippen LogP contribution in [0, 0.1) is 5.92 Å². The second-order valence-electron chi connectivity index (χ2n) is 7.88. The minimum absolute atomic E-state index is 0.00183. The van der Waals surface area contributed by atoms with Crippen LogP contribution in [0.3, 0.4) is 0 Å². The quantitative estimate of drug-likeness (QED) is 0.695. The SMILES string of the molecule is COc1cccc(CNC(=O)C2CCC3O/C(=C\c4ccc(Cl)cc4)C(=O)NC3C2)c1. The number of fused-ring (bicyclic) bond motifs is 1. The second-order valence-corrected chi connectivity index (χ2v) is 8.31. The molecule has 0 bridgehead atoms. The number of carbonyl (C=O) groups excluding carboxylic acids is 2. The number of rotatable bonds is 5. The zero-order chi connectivity index (χ0) is 21.8. The van der Waals surface area contributed by atoms with Crippen LogP contribution in [-0.2, 0) is 20.9 Å². The predicted molar refractivity (Wildman–Crippen MR) is 118 cm³/mol. The molecule has 1 saturated heterocycles. The van der Waals surface area contributed by atoms with Gasteiger partial charge in [-0.15, -0.1) is 0 Å². The molecule has 2 aromatic carbocycles. The first-order chi connectivity index (χ1) is 15.0. The van der Waals surface area contributed by atoms with Gasteiger partial charge in [0, 0.05) is 17.5 Å². The summed E-state index contributed by atoms with van der Waals surface area (Å²) in [5.74, 6) is 0.644. The van der Waals surface area contributed by atoms with Gasteiger partial charge in [0.05, 0.1) is 13.2 Å². The average Bonchev–Trinajstić information content (AvgIpc) is 2.79. The Morgan fingerprint density at radius 1 is 1.26 bits per heavy atom. The number of amides is 2. The first-order valence-corrected chi connectivity index (χ1v) is 10.7. The topological polar surface area (TPSA) is 76.7 Å². The molecular formula is C24H25ClN2O4. The van der Waals surface area contributed by atoms with Crippen molar-refractivity contribution in [2.45, 2.75) is 38.0 Å². The molecule has 2 N–H and O–H groups in total. The molecule has 162 valence electrons. The van der Waals surface area contributed by atoms with E-state index in [4.69, 9.17) is 21.1 Å². The van der Waals surface area contributed by atoms with E-state index < -0.39 is 0 Å². The van der Waals surface area contributed by atoms with E-state index >= 15 is 0 Å². The van der Waals surface area contributed by atoms with Crippen molar-refractivity contribution in [1.82, 2.24) is 10.6 Å². The molecule has 2 aromatic rings. The Morgan fingerprint density at radius 2 is 2.06 bits per heavy atom. The van der Waals surface area contributed by atoms with Gasteiger partial charge in [0.2, 0.25) is 5.91 Å². The molecule has 0 radical (unpaired) electrons. The molecule has 0 aromatic heterocycles. The molecule has 1 aliphatic heterocycles. The fraction of sp³-hybridized carbons (Fsp3) is 0.333. The lowest BCUT2D eigenvalue weighted by Gasteiger charge is -2.39. The molecular weight excluding hydrogens is 416 g/mol. The van der Waals surface area contributed by atoms with Gasteiger partial charge in [0.25, 0.3) is 5.91 Å². The standard InChI is InChI=1S/C24H25ClN2O4/c1-30-19-4-2-3-16(11-19)14-26-23(28)17-7-10-21-20(13-17)27-24(29)22(31-21)12-15-5-8-18(25)9-6-15/h2-6,8-9,11-12,17,20-21H,7,10,13-14H2,1H3,(H,26,28)(H,27,29)/b22-12-. The molecule has 3 unspecified atom stereocenters. The first kappa shape index (κ1) is 21.2. The minimum atomic E-state index is -0.256. The summed E-state index contributed by atoms with van der Waals surface area (Å²) < 4.78 is 11.2. The number of carbonyl (C=O) groups is 2.